The van der Waals surface area contributed by atoms with Gasteiger partial charge in [0.2, 0.25) is 0 Å². The predicted molar refractivity (Wildman–Crippen MR) is 112 cm³/mol. The minimum Gasteiger partial charge on any atom is -0.357 e. The van der Waals surface area contributed by atoms with Crippen molar-refractivity contribution < 1.29 is 0 Å². The number of benzene rings is 1. The van der Waals surface area contributed by atoms with Gasteiger partial charge in [-0.1, -0.05) is 19.1 Å². The second-order valence-electron chi connectivity index (χ2n) is 7.76. The van der Waals surface area contributed by atoms with E-state index < -0.39 is 0 Å². The Bertz CT molecular complexity index is 1100. The van der Waals surface area contributed by atoms with Gasteiger partial charge in [-0.05, 0) is 48.6 Å². The lowest BCUT2D eigenvalue weighted by molar-refractivity contribution is 0.436. The highest BCUT2D eigenvalue weighted by molar-refractivity contribution is 6.08. The van der Waals surface area contributed by atoms with Crippen molar-refractivity contribution >= 4 is 27.6 Å². The van der Waals surface area contributed by atoms with E-state index in [1.807, 2.05) is 18.6 Å². The molecule has 4 nitrogen and oxygen atoms in total. The van der Waals surface area contributed by atoms with Crippen molar-refractivity contribution in [2.45, 2.75) is 19.8 Å². The van der Waals surface area contributed by atoms with Crippen molar-refractivity contribution in [3.63, 3.8) is 0 Å². The maximum atomic E-state index is 4.76. The predicted octanol–water partition coefficient (Wildman–Crippen LogP) is 5.02. The molecular formula is C23H24N4. The largest absolute Gasteiger partial charge is 0.357 e. The van der Waals surface area contributed by atoms with Crippen molar-refractivity contribution in [2.24, 2.45) is 13.0 Å². The topological polar surface area (TPSA) is 34.0 Å². The second kappa shape index (κ2) is 6.38. The molecule has 4 heteroatoms. The van der Waals surface area contributed by atoms with Gasteiger partial charge < -0.3 is 9.47 Å². The second-order valence-corrected chi connectivity index (χ2v) is 7.76. The van der Waals surface area contributed by atoms with E-state index in [0.29, 0.717) is 0 Å². The van der Waals surface area contributed by atoms with Crippen molar-refractivity contribution in [1.29, 1.82) is 0 Å². The zero-order valence-corrected chi connectivity index (χ0v) is 15.9. The van der Waals surface area contributed by atoms with Crippen LogP contribution in [0.4, 0.5) is 5.82 Å². The third kappa shape index (κ3) is 2.76. The van der Waals surface area contributed by atoms with Crippen molar-refractivity contribution in [2.75, 3.05) is 18.0 Å². The third-order valence-corrected chi connectivity index (χ3v) is 6.00. The van der Waals surface area contributed by atoms with Gasteiger partial charge in [-0.25, -0.2) is 4.98 Å². The molecule has 5 rings (SSSR count). The third-order valence-electron chi connectivity index (χ3n) is 6.00. The molecule has 0 unspecified atom stereocenters. The molecule has 0 saturated carbocycles. The fourth-order valence-electron chi connectivity index (χ4n) is 4.21. The maximum Gasteiger partial charge on any atom is 0.128 e. The van der Waals surface area contributed by atoms with Gasteiger partial charge >= 0.3 is 0 Å². The van der Waals surface area contributed by atoms with Crippen LogP contribution in [-0.2, 0) is 7.05 Å². The van der Waals surface area contributed by atoms with Crippen LogP contribution in [0.25, 0.3) is 32.9 Å². The number of rotatable bonds is 2. The number of aryl methyl sites for hydroxylation is 1. The van der Waals surface area contributed by atoms with Gasteiger partial charge in [0.05, 0.1) is 5.52 Å². The molecule has 1 aromatic carbocycles. The first-order chi connectivity index (χ1) is 13.2. The average Bonchev–Trinajstić information content (AvgIpc) is 3.01. The molecule has 1 saturated heterocycles. The number of nitrogens with zero attached hydrogens (tertiary/aromatic N) is 4. The van der Waals surface area contributed by atoms with E-state index in [2.05, 4.69) is 64.8 Å². The van der Waals surface area contributed by atoms with Crippen LogP contribution in [0.3, 0.4) is 0 Å². The first-order valence-electron chi connectivity index (χ1n) is 9.74. The number of hydrogen-bond acceptors (Lipinski definition) is 3. The lowest BCUT2D eigenvalue weighted by atomic mass is 9.99. The smallest absolute Gasteiger partial charge is 0.128 e. The van der Waals surface area contributed by atoms with Crippen molar-refractivity contribution in [3.8, 4) is 11.1 Å². The molecule has 1 aliphatic rings. The molecule has 4 heterocycles. The Kier molecular flexibility index (Phi) is 3.85. The van der Waals surface area contributed by atoms with Crippen LogP contribution in [0.1, 0.15) is 19.8 Å². The minimum absolute atomic E-state index is 0.836. The molecule has 0 bridgehead atoms. The Hall–Kier alpha value is -2.88. The fourth-order valence-corrected chi connectivity index (χ4v) is 4.21. The van der Waals surface area contributed by atoms with Crippen LogP contribution in [0.5, 0.6) is 0 Å². The number of fused-ring (bicyclic) bond motifs is 3. The highest BCUT2D eigenvalue weighted by Gasteiger charge is 2.17. The van der Waals surface area contributed by atoms with Gasteiger partial charge in [0.15, 0.2) is 0 Å². The summed E-state index contributed by atoms with van der Waals surface area (Å²) in [5, 5.41) is 2.45. The summed E-state index contributed by atoms with van der Waals surface area (Å²) in [5.74, 6) is 1.94. The van der Waals surface area contributed by atoms with Crippen LogP contribution in [0.2, 0.25) is 0 Å². The first kappa shape index (κ1) is 16.3. The maximum absolute atomic E-state index is 4.76. The Labute approximate surface area is 159 Å². The lowest BCUT2D eigenvalue weighted by Crippen LogP contribution is -2.33. The first-order valence-corrected chi connectivity index (χ1v) is 9.74. The number of piperidine rings is 1. The summed E-state index contributed by atoms with van der Waals surface area (Å²) in [6, 6.07) is 13.1. The molecule has 0 aliphatic carbocycles. The zero-order valence-electron chi connectivity index (χ0n) is 15.9. The van der Waals surface area contributed by atoms with Gasteiger partial charge in [0, 0.05) is 60.6 Å². The molecule has 0 N–H and O–H groups in total. The number of hydrogen-bond donors (Lipinski definition) is 0. The molecular weight excluding hydrogens is 332 g/mol. The van der Waals surface area contributed by atoms with E-state index in [1.54, 1.807) is 0 Å². The van der Waals surface area contributed by atoms with Crippen LogP contribution >= 0.6 is 0 Å². The molecule has 0 amide bonds. The van der Waals surface area contributed by atoms with E-state index in [9.17, 15) is 0 Å². The molecule has 3 aromatic heterocycles. The van der Waals surface area contributed by atoms with Gasteiger partial charge in [0.25, 0.3) is 0 Å². The monoisotopic (exact) mass is 356 g/mol. The Morgan fingerprint density at radius 1 is 0.889 bits per heavy atom. The van der Waals surface area contributed by atoms with Gasteiger partial charge in [0.1, 0.15) is 5.82 Å². The van der Waals surface area contributed by atoms with Crippen LogP contribution in [0.15, 0.2) is 55.0 Å². The fraction of sp³-hybridized carbons (Fsp3) is 0.304. The summed E-state index contributed by atoms with van der Waals surface area (Å²) in [6.07, 6.45) is 8.34. The van der Waals surface area contributed by atoms with E-state index in [4.69, 9.17) is 4.98 Å². The van der Waals surface area contributed by atoms with Crippen molar-refractivity contribution in [1.82, 2.24) is 14.5 Å². The Balaban J connectivity index is 1.50. The van der Waals surface area contributed by atoms with Crippen LogP contribution in [0, 0.1) is 5.92 Å². The summed E-state index contributed by atoms with van der Waals surface area (Å²) in [6.45, 7) is 4.57. The molecule has 0 radical (unpaired) electrons. The lowest BCUT2D eigenvalue weighted by Gasteiger charge is -2.31. The number of anilines is 1. The molecule has 0 atom stereocenters. The van der Waals surface area contributed by atoms with E-state index in [0.717, 1.165) is 30.4 Å². The molecule has 1 fully saturated rings. The van der Waals surface area contributed by atoms with Gasteiger partial charge in [-0.15, -0.1) is 0 Å². The standard InChI is InChI=1S/C23H24N4/c1-16-8-11-27(12-9-16)23-6-4-18(14-25-23)17-3-5-19-20-15-24-10-7-21(20)26(2)22(19)13-17/h3-7,10,13-16H,8-9,11-12H2,1-2H3. The van der Waals surface area contributed by atoms with E-state index >= 15 is 0 Å². The summed E-state index contributed by atoms with van der Waals surface area (Å²) in [4.78, 5) is 11.5. The summed E-state index contributed by atoms with van der Waals surface area (Å²) in [5.41, 5.74) is 4.80. The molecule has 136 valence electrons. The molecule has 27 heavy (non-hydrogen) atoms. The van der Waals surface area contributed by atoms with E-state index in [1.165, 1.54) is 40.2 Å². The molecule has 1 aliphatic heterocycles. The minimum atomic E-state index is 0.836. The van der Waals surface area contributed by atoms with Crippen molar-refractivity contribution in [3.05, 3.63) is 55.0 Å². The number of pyridine rings is 2. The summed E-state index contributed by atoms with van der Waals surface area (Å²) >= 11 is 0. The molecule has 0 spiro atoms. The summed E-state index contributed by atoms with van der Waals surface area (Å²) < 4.78 is 2.24. The Morgan fingerprint density at radius 3 is 2.48 bits per heavy atom. The highest BCUT2D eigenvalue weighted by Crippen LogP contribution is 2.31. The molecule has 4 aromatic rings. The van der Waals surface area contributed by atoms with E-state index in [-0.39, 0.29) is 0 Å². The quantitative estimate of drug-likeness (QED) is 0.505. The van der Waals surface area contributed by atoms with Gasteiger partial charge in [-0.2, -0.15) is 0 Å². The van der Waals surface area contributed by atoms with Gasteiger partial charge in [-0.3, -0.25) is 4.98 Å². The number of aromatic nitrogens is 3. The summed E-state index contributed by atoms with van der Waals surface area (Å²) in [7, 11) is 2.12. The SMILES string of the molecule is CC1CCN(c2ccc(-c3ccc4c5cnccc5n(C)c4c3)cn2)CC1. The Morgan fingerprint density at radius 2 is 1.70 bits per heavy atom. The normalized spacial score (nSPS) is 15.7. The van der Waals surface area contributed by atoms with Crippen LogP contribution in [-0.4, -0.2) is 27.6 Å². The highest BCUT2D eigenvalue weighted by atomic mass is 15.2. The average molecular weight is 356 g/mol. The zero-order chi connectivity index (χ0) is 18.4. The van der Waals surface area contributed by atoms with Crippen LogP contribution < -0.4 is 4.90 Å².